The molecule has 1 aromatic heterocycles. The van der Waals surface area contributed by atoms with Crippen LogP contribution < -0.4 is 10.6 Å². The second kappa shape index (κ2) is 5.27. The van der Waals surface area contributed by atoms with Crippen molar-refractivity contribution in [1.29, 1.82) is 0 Å². The van der Waals surface area contributed by atoms with Crippen LogP contribution in [-0.2, 0) is 6.18 Å². The third-order valence-electron chi connectivity index (χ3n) is 3.47. The molecule has 0 aliphatic carbocycles. The Hall–Kier alpha value is -1.46. The highest BCUT2D eigenvalue weighted by molar-refractivity contribution is 5.50. The summed E-state index contributed by atoms with van der Waals surface area (Å²) in [4.78, 5) is 5.92. The van der Waals surface area contributed by atoms with E-state index < -0.39 is 11.7 Å². The topological polar surface area (TPSA) is 42.1 Å². The van der Waals surface area contributed by atoms with E-state index in [1.165, 1.54) is 0 Å². The van der Waals surface area contributed by atoms with Crippen molar-refractivity contribution in [3.8, 4) is 0 Å². The molecule has 0 saturated carbocycles. The Labute approximate surface area is 110 Å². The summed E-state index contributed by atoms with van der Waals surface area (Å²) in [7, 11) is 0. The van der Waals surface area contributed by atoms with Crippen molar-refractivity contribution in [3.05, 3.63) is 17.7 Å². The SMILES string of the molecule is CCCC1CCN(c2cc(C(F)(F)F)cc(N)n2)C1. The van der Waals surface area contributed by atoms with Crippen molar-refractivity contribution in [2.75, 3.05) is 23.7 Å². The van der Waals surface area contributed by atoms with Crippen LogP contribution in [0.1, 0.15) is 31.7 Å². The molecular formula is C13H18F3N3. The van der Waals surface area contributed by atoms with Crippen LogP contribution in [-0.4, -0.2) is 18.1 Å². The van der Waals surface area contributed by atoms with E-state index in [1.54, 1.807) is 0 Å². The molecule has 19 heavy (non-hydrogen) atoms. The van der Waals surface area contributed by atoms with E-state index in [4.69, 9.17) is 5.73 Å². The van der Waals surface area contributed by atoms with Gasteiger partial charge in [-0.05, 0) is 30.9 Å². The van der Waals surface area contributed by atoms with E-state index >= 15 is 0 Å². The van der Waals surface area contributed by atoms with Gasteiger partial charge in [-0.1, -0.05) is 13.3 Å². The predicted molar refractivity (Wildman–Crippen MR) is 68.9 cm³/mol. The molecule has 2 heterocycles. The zero-order valence-electron chi connectivity index (χ0n) is 10.9. The molecule has 1 fully saturated rings. The van der Waals surface area contributed by atoms with Crippen molar-refractivity contribution < 1.29 is 13.2 Å². The average Bonchev–Trinajstić information content (AvgIpc) is 2.76. The summed E-state index contributed by atoms with van der Waals surface area (Å²) in [5, 5.41) is 0. The fourth-order valence-electron chi connectivity index (χ4n) is 2.55. The van der Waals surface area contributed by atoms with Gasteiger partial charge in [-0.15, -0.1) is 0 Å². The lowest BCUT2D eigenvalue weighted by Crippen LogP contribution is -2.22. The van der Waals surface area contributed by atoms with Gasteiger partial charge in [0.05, 0.1) is 5.56 Å². The number of nitrogens with two attached hydrogens (primary N) is 1. The first-order valence-corrected chi connectivity index (χ1v) is 6.50. The minimum Gasteiger partial charge on any atom is -0.384 e. The summed E-state index contributed by atoms with van der Waals surface area (Å²) < 4.78 is 38.2. The molecule has 6 heteroatoms. The highest BCUT2D eigenvalue weighted by Gasteiger charge is 2.32. The van der Waals surface area contributed by atoms with Gasteiger partial charge in [0.15, 0.2) is 0 Å². The number of nitrogen functional groups attached to an aromatic ring is 1. The number of rotatable bonds is 3. The summed E-state index contributed by atoms with van der Waals surface area (Å²) in [5.74, 6) is 0.803. The minimum atomic E-state index is -4.38. The number of pyridine rings is 1. The van der Waals surface area contributed by atoms with E-state index in [1.807, 2.05) is 4.90 Å². The zero-order chi connectivity index (χ0) is 14.0. The maximum atomic E-state index is 12.7. The van der Waals surface area contributed by atoms with E-state index in [-0.39, 0.29) is 5.82 Å². The minimum absolute atomic E-state index is 0.0798. The summed E-state index contributed by atoms with van der Waals surface area (Å²) in [6.07, 6.45) is -1.18. The lowest BCUT2D eigenvalue weighted by Gasteiger charge is -2.19. The number of nitrogens with zero attached hydrogens (tertiary/aromatic N) is 2. The third-order valence-corrected chi connectivity index (χ3v) is 3.47. The summed E-state index contributed by atoms with van der Waals surface area (Å²) in [6, 6.07) is 1.97. The van der Waals surface area contributed by atoms with Gasteiger partial charge >= 0.3 is 6.18 Å². The normalized spacial score (nSPS) is 20.0. The van der Waals surface area contributed by atoms with Gasteiger partial charge in [0.1, 0.15) is 11.6 Å². The average molecular weight is 273 g/mol. The van der Waals surface area contributed by atoms with E-state index in [0.717, 1.165) is 44.5 Å². The van der Waals surface area contributed by atoms with Crippen LogP contribution >= 0.6 is 0 Å². The van der Waals surface area contributed by atoms with Crippen LogP contribution in [0.25, 0.3) is 0 Å². The number of hydrogen-bond donors (Lipinski definition) is 1. The number of aromatic nitrogens is 1. The molecule has 1 aliphatic heterocycles. The molecule has 2 N–H and O–H groups in total. The van der Waals surface area contributed by atoms with Crippen LogP contribution in [0.2, 0.25) is 0 Å². The molecule has 0 spiro atoms. The monoisotopic (exact) mass is 273 g/mol. The van der Waals surface area contributed by atoms with Crippen LogP contribution in [0.5, 0.6) is 0 Å². The van der Waals surface area contributed by atoms with Gasteiger partial charge in [-0.3, -0.25) is 0 Å². The largest absolute Gasteiger partial charge is 0.416 e. The zero-order valence-corrected chi connectivity index (χ0v) is 10.9. The molecule has 0 radical (unpaired) electrons. The molecule has 1 aromatic rings. The standard InChI is InChI=1S/C13H18F3N3/c1-2-3-9-4-5-19(8-9)12-7-10(13(14,15)16)6-11(17)18-12/h6-7,9H,2-5,8H2,1H3,(H2,17,18). The van der Waals surface area contributed by atoms with Gasteiger partial charge in [0.2, 0.25) is 0 Å². The lowest BCUT2D eigenvalue weighted by atomic mass is 10.0. The van der Waals surface area contributed by atoms with Crippen LogP contribution in [0.3, 0.4) is 0 Å². The van der Waals surface area contributed by atoms with Crippen molar-refractivity contribution in [1.82, 2.24) is 4.98 Å². The van der Waals surface area contributed by atoms with Crippen LogP contribution in [0, 0.1) is 5.92 Å². The molecular weight excluding hydrogens is 255 g/mol. The first kappa shape index (κ1) is 14.0. The van der Waals surface area contributed by atoms with Crippen LogP contribution in [0.4, 0.5) is 24.8 Å². The molecule has 0 bridgehead atoms. The number of alkyl halides is 3. The fraction of sp³-hybridized carbons (Fsp3) is 0.615. The second-order valence-corrected chi connectivity index (χ2v) is 5.03. The fourth-order valence-corrected chi connectivity index (χ4v) is 2.55. The maximum absolute atomic E-state index is 12.7. The maximum Gasteiger partial charge on any atom is 0.416 e. The molecule has 1 aliphatic rings. The summed E-state index contributed by atoms with van der Waals surface area (Å²) >= 11 is 0. The van der Waals surface area contributed by atoms with Crippen LogP contribution in [0.15, 0.2) is 12.1 Å². The molecule has 2 rings (SSSR count). The second-order valence-electron chi connectivity index (χ2n) is 5.03. The number of hydrogen-bond acceptors (Lipinski definition) is 3. The molecule has 106 valence electrons. The van der Waals surface area contributed by atoms with Gasteiger partial charge in [0.25, 0.3) is 0 Å². The van der Waals surface area contributed by atoms with Crippen molar-refractivity contribution in [3.63, 3.8) is 0 Å². The van der Waals surface area contributed by atoms with E-state index in [2.05, 4.69) is 11.9 Å². The Morgan fingerprint density at radius 1 is 1.42 bits per heavy atom. The van der Waals surface area contributed by atoms with E-state index in [0.29, 0.717) is 11.7 Å². The quantitative estimate of drug-likeness (QED) is 0.918. The summed E-state index contributed by atoms with van der Waals surface area (Å²) in [6.45, 7) is 3.63. The first-order chi connectivity index (χ1) is 8.90. The van der Waals surface area contributed by atoms with E-state index in [9.17, 15) is 13.2 Å². The highest BCUT2D eigenvalue weighted by atomic mass is 19.4. The number of halogens is 3. The van der Waals surface area contributed by atoms with Gasteiger partial charge in [-0.2, -0.15) is 13.2 Å². The van der Waals surface area contributed by atoms with Crippen molar-refractivity contribution in [2.45, 2.75) is 32.4 Å². The van der Waals surface area contributed by atoms with Crippen molar-refractivity contribution >= 4 is 11.6 Å². The first-order valence-electron chi connectivity index (χ1n) is 6.50. The Balaban J connectivity index is 2.19. The highest BCUT2D eigenvalue weighted by Crippen LogP contribution is 2.33. The smallest absolute Gasteiger partial charge is 0.384 e. The summed E-state index contributed by atoms with van der Waals surface area (Å²) in [5.41, 5.74) is 4.75. The molecule has 3 nitrogen and oxygen atoms in total. The Kier molecular flexibility index (Phi) is 3.87. The molecule has 0 aromatic carbocycles. The molecule has 0 amide bonds. The third kappa shape index (κ3) is 3.30. The van der Waals surface area contributed by atoms with Crippen molar-refractivity contribution in [2.24, 2.45) is 5.92 Å². The predicted octanol–water partition coefficient (Wildman–Crippen LogP) is 3.31. The van der Waals surface area contributed by atoms with Gasteiger partial charge in [-0.25, -0.2) is 4.98 Å². The Morgan fingerprint density at radius 2 is 2.16 bits per heavy atom. The van der Waals surface area contributed by atoms with Gasteiger partial charge < -0.3 is 10.6 Å². The molecule has 1 unspecified atom stereocenters. The Morgan fingerprint density at radius 3 is 2.79 bits per heavy atom. The molecule has 1 atom stereocenters. The number of anilines is 2. The molecule has 1 saturated heterocycles. The lowest BCUT2D eigenvalue weighted by molar-refractivity contribution is -0.137. The Bertz CT molecular complexity index is 445. The van der Waals surface area contributed by atoms with Gasteiger partial charge in [0, 0.05) is 13.1 Å².